The van der Waals surface area contributed by atoms with Gasteiger partial charge in [-0.15, -0.1) is 0 Å². The Morgan fingerprint density at radius 1 is 1.44 bits per heavy atom. The lowest BCUT2D eigenvalue weighted by Gasteiger charge is -2.41. The Bertz CT molecular complexity index is 448. The summed E-state index contributed by atoms with van der Waals surface area (Å²) in [6.45, 7) is 4.99. The van der Waals surface area contributed by atoms with Crippen molar-refractivity contribution in [3.63, 3.8) is 0 Å². The van der Waals surface area contributed by atoms with Crippen molar-refractivity contribution in [1.82, 2.24) is 0 Å². The molecule has 1 aliphatic carbocycles. The largest absolute Gasteiger partial charge is 0.384 e. The highest BCUT2D eigenvalue weighted by molar-refractivity contribution is 5.53. The molecule has 18 heavy (non-hydrogen) atoms. The topological polar surface area (TPSA) is 55.2 Å². The van der Waals surface area contributed by atoms with Gasteiger partial charge >= 0.3 is 0 Å². The van der Waals surface area contributed by atoms with Crippen molar-refractivity contribution in [3.05, 3.63) is 33.9 Å². The summed E-state index contributed by atoms with van der Waals surface area (Å²) >= 11 is 0. The van der Waals surface area contributed by atoms with Gasteiger partial charge < -0.3 is 5.32 Å². The molecule has 1 fully saturated rings. The van der Waals surface area contributed by atoms with Crippen molar-refractivity contribution in [2.75, 3.05) is 11.9 Å². The van der Waals surface area contributed by atoms with Crippen LogP contribution in [0.15, 0.2) is 18.2 Å². The minimum absolute atomic E-state index is 0.189. The number of rotatable bonds is 5. The van der Waals surface area contributed by atoms with Gasteiger partial charge in [0, 0.05) is 23.9 Å². The van der Waals surface area contributed by atoms with Crippen LogP contribution in [0.5, 0.6) is 0 Å². The molecule has 0 spiro atoms. The molecule has 1 aromatic carbocycles. The molecule has 2 rings (SSSR count). The Kier molecular flexibility index (Phi) is 3.55. The molecule has 4 nitrogen and oxygen atoms in total. The van der Waals surface area contributed by atoms with E-state index in [1.165, 1.54) is 25.7 Å². The average Bonchev–Trinajstić information content (AvgIpc) is 2.27. The number of hydrogen-bond acceptors (Lipinski definition) is 3. The lowest BCUT2D eigenvalue weighted by atomic mass is 9.67. The average molecular weight is 248 g/mol. The molecule has 0 bridgehead atoms. The molecular formula is C14H20N2O2. The van der Waals surface area contributed by atoms with Gasteiger partial charge in [-0.3, -0.25) is 10.1 Å². The van der Waals surface area contributed by atoms with Crippen molar-refractivity contribution in [3.8, 4) is 0 Å². The molecule has 1 aromatic rings. The van der Waals surface area contributed by atoms with E-state index in [-0.39, 0.29) is 10.6 Å². The summed E-state index contributed by atoms with van der Waals surface area (Å²) < 4.78 is 0. The van der Waals surface area contributed by atoms with Gasteiger partial charge in [-0.05, 0) is 43.7 Å². The summed E-state index contributed by atoms with van der Waals surface area (Å²) in [5.41, 5.74) is 2.34. The molecule has 1 N–H and O–H groups in total. The molecule has 1 saturated carbocycles. The van der Waals surface area contributed by atoms with Crippen molar-refractivity contribution in [2.24, 2.45) is 5.41 Å². The Morgan fingerprint density at radius 3 is 2.61 bits per heavy atom. The number of aryl methyl sites for hydroxylation is 1. The molecule has 0 saturated heterocycles. The van der Waals surface area contributed by atoms with E-state index in [0.29, 0.717) is 11.0 Å². The lowest BCUT2D eigenvalue weighted by Crippen LogP contribution is -2.35. The van der Waals surface area contributed by atoms with Crippen LogP contribution in [0.4, 0.5) is 11.4 Å². The van der Waals surface area contributed by atoms with Gasteiger partial charge in [0.1, 0.15) is 0 Å². The van der Waals surface area contributed by atoms with E-state index < -0.39 is 0 Å². The fraction of sp³-hybridized carbons (Fsp3) is 0.571. The van der Waals surface area contributed by atoms with Crippen molar-refractivity contribution < 1.29 is 4.92 Å². The number of nitro benzene ring substituents is 1. The van der Waals surface area contributed by atoms with Gasteiger partial charge in [-0.1, -0.05) is 13.3 Å². The zero-order chi connectivity index (χ0) is 13.2. The second kappa shape index (κ2) is 4.96. The zero-order valence-electron chi connectivity index (χ0n) is 11.0. The van der Waals surface area contributed by atoms with Gasteiger partial charge in [0.2, 0.25) is 0 Å². The highest BCUT2D eigenvalue weighted by Gasteiger charge is 2.34. The van der Waals surface area contributed by atoms with Gasteiger partial charge in [0.25, 0.3) is 5.69 Å². The minimum Gasteiger partial charge on any atom is -0.384 e. The first-order chi connectivity index (χ1) is 8.56. The van der Waals surface area contributed by atoms with Crippen LogP contribution in [0.3, 0.4) is 0 Å². The molecule has 0 atom stereocenters. The number of benzene rings is 1. The van der Waals surface area contributed by atoms with Crippen LogP contribution in [0, 0.1) is 22.5 Å². The van der Waals surface area contributed by atoms with Crippen LogP contribution in [0.1, 0.15) is 38.2 Å². The van der Waals surface area contributed by atoms with E-state index in [0.717, 1.165) is 12.2 Å². The second-order valence-corrected chi connectivity index (χ2v) is 5.32. The van der Waals surface area contributed by atoms with Crippen LogP contribution in [0.25, 0.3) is 0 Å². The molecule has 0 aliphatic heterocycles. The van der Waals surface area contributed by atoms with Gasteiger partial charge in [0.05, 0.1) is 4.92 Å². The summed E-state index contributed by atoms with van der Waals surface area (Å²) in [7, 11) is 0. The maximum absolute atomic E-state index is 10.7. The molecule has 98 valence electrons. The van der Waals surface area contributed by atoms with Crippen LogP contribution >= 0.6 is 0 Å². The van der Waals surface area contributed by atoms with Crippen LogP contribution in [0.2, 0.25) is 0 Å². The molecule has 0 heterocycles. The predicted molar refractivity (Wildman–Crippen MR) is 72.9 cm³/mol. The number of hydrogen-bond donors (Lipinski definition) is 1. The number of nitrogens with zero attached hydrogens (tertiary/aromatic N) is 1. The second-order valence-electron chi connectivity index (χ2n) is 5.32. The monoisotopic (exact) mass is 248 g/mol. The third kappa shape index (κ3) is 2.47. The third-order valence-electron chi connectivity index (χ3n) is 4.23. The Morgan fingerprint density at radius 2 is 2.17 bits per heavy atom. The predicted octanol–water partition coefficient (Wildman–Crippen LogP) is 3.90. The third-order valence-corrected chi connectivity index (χ3v) is 4.23. The normalized spacial score (nSPS) is 17.0. The van der Waals surface area contributed by atoms with Crippen molar-refractivity contribution in [1.29, 1.82) is 0 Å². The lowest BCUT2D eigenvalue weighted by molar-refractivity contribution is -0.385. The Labute approximate surface area is 108 Å². The van der Waals surface area contributed by atoms with Gasteiger partial charge in [-0.25, -0.2) is 0 Å². The molecular weight excluding hydrogens is 228 g/mol. The molecule has 0 radical (unpaired) electrons. The van der Waals surface area contributed by atoms with Crippen LogP contribution < -0.4 is 5.32 Å². The van der Waals surface area contributed by atoms with Crippen molar-refractivity contribution in [2.45, 2.75) is 39.5 Å². The van der Waals surface area contributed by atoms with E-state index in [1.54, 1.807) is 19.1 Å². The molecule has 4 heteroatoms. The smallest absolute Gasteiger partial charge is 0.272 e. The molecule has 0 aromatic heterocycles. The first kappa shape index (κ1) is 12.9. The maximum Gasteiger partial charge on any atom is 0.272 e. The molecule has 1 aliphatic rings. The van der Waals surface area contributed by atoms with Crippen LogP contribution in [-0.4, -0.2) is 11.5 Å². The number of anilines is 1. The first-order valence-corrected chi connectivity index (χ1v) is 6.55. The standard InChI is InChI=1S/C14H20N2O2/c1-3-14(7-4-8-14)10-15-12-5-6-13(16(17)18)11(2)9-12/h5-6,9,15H,3-4,7-8,10H2,1-2H3. The molecule has 0 amide bonds. The Balaban J connectivity index is 2.02. The first-order valence-electron chi connectivity index (χ1n) is 6.55. The Hall–Kier alpha value is -1.58. The maximum atomic E-state index is 10.7. The quantitative estimate of drug-likeness (QED) is 0.635. The van der Waals surface area contributed by atoms with E-state index in [1.807, 2.05) is 6.07 Å². The van der Waals surface area contributed by atoms with Gasteiger partial charge in [0.15, 0.2) is 0 Å². The molecule has 0 unspecified atom stereocenters. The highest BCUT2D eigenvalue weighted by atomic mass is 16.6. The number of nitro groups is 1. The van der Waals surface area contributed by atoms with E-state index in [2.05, 4.69) is 12.2 Å². The van der Waals surface area contributed by atoms with E-state index in [4.69, 9.17) is 0 Å². The van der Waals surface area contributed by atoms with Gasteiger partial charge in [-0.2, -0.15) is 0 Å². The number of nitrogens with one attached hydrogen (secondary N) is 1. The van der Waals surface area contributed by atoms with E-state index in [9.17, 15) is 10.1 Å². The SMILES string of the molecule is CCC1(CNc2ccc([N+](=O)[O-])c(C)c2)CCC1. The fourth-order valence-corrected chi connectivity index (χ4v) is 2.59. The summed E-state index contributed by atoms with van der Waals surface area (Å²) in [6.07, 6.45) is 5.12. The minimum atomic E-state index is -0.335. The summed E-state index contributed by atoms with van der Waals surface area (Å²) in [4.78, 5) is 10.4. The zero-order valence-corrected chi connectivity index (χ0v) is 11.0. The summed E-state index contributed by atoms with van der Waals surface area (Å²) in [6, 6.07) is 5.24. The van der Waals surface area contributed by atoms with Crippen LogP contribution in [-0.2, 0) is 0 Å². The fourth-order valence-electron chi connectivity index (χ4n) is 2.59. The highest BCUT2D eigenvalue weighted by Crippen LogP contribution is 2.43. The van der Waals surface area contributed by atoms with Crippen molar-refractivity contribution >= 4 is 11.4 Å². The van der Waals surface area contributed by atoms with E-state index >= 15 is 0 Å². The summed E-state index contributed by atoms with van der Waals surface area (Å²) in [5, 5.41) is 14.2. The summed E-state index contributed by atoms with van der Waals surface area (Å²) in [5.74, 6) is 0.